The number of H-pyrrole nitrogens is 1. The Kier molecular flexibility index (Phi) is 3.28. The number of halogens is 2. The SMILES string of the molecule is Oc1[nH]c2ccccc2c1C=Nc1ccc(Br)cc1F. The molecule has 3 aromatic rings. The second-order valence-corrected chi connectivity index (χ2v) is 5.20. The molecule has 0 radical (unpaired) electrons. The van der Waals surface area contributed by atoms with Gasteiger partial charge in [-0.15, -0.1) is 0 Å². The summed E-state index contributed by atoms with van der Waals surface area (Å²) in [6, 6.07) is 12.1. The van der Waals surface area contributed by atoms with Crippen LogP contribution in [0.15, 0.2) is 51.9 Å². The number of nitrogens with one attached hydrogen (secondary N) is 1. The van der Waals surface area contributed by atoms with E-state index in [2.05, 4.69) is 25.9 Å². The summed E-state index contributed by atoms with van der Waals surface area (Å²) >= 11 is 3.19. The summed E-state index contributed by atoms with van der Waals surface area (Å²) in [6.45, 7) is 0. The maximum atomic E-state index is 13.7. The molecule has 3 nitrogen and oxygen atoms in total. The molecule has 100 valence electrons. The van der Waals surface area contributed by atoms with E-state index in [1.165, 1.54) is 12.3 Å². The van der Waals surface area contributed by atoms with Gasteiger partial charge >= 0.3 is 0 Å². The monoisotopic (exact) mass is 332 g/mol. The molecule has 2 aromatic carbocycles. The van der Waals surface area contributed by atoms with Crippen molar-refractivity contribution in [2.45, 2.75) is 0 Å². The van der Waals surface area contributed by atoms with E-state index < -0.39 is 5.82 Å². The second-order valence-electron chi connectivity index (χ2n) is 4.29. The van der Waals surface area contributed by atoms with Gasteiger partial charge in [-0.05, 0) is 24.3 Å². The highest BCUT2D eigenvalue weighted by Gasteiger charge is 2.08. The highest BCUT2D eigenvalue weighted by atomic mass is 79.9. The molecule has 2 N–H and O–H groups in total. The fourth-order valence-electron chi connectivity index (χ4n) is 2.00. The minimum absolute atomic E-state index is 0.0208. The molecular weight excluding hydrogens is 323 g/mol. The Morgan fingerprint density at radius 3 is 2.80 bits per heavy atom. The molecule has 0 aliphatic carbocycles. The van der Waals surface area contributed by atoms with Crippen molar-refractivity contribution in [2.24, 2.45) is 4.99 Å². The predicted octanol–water partition coefficient (Wildman–Crippen LogP) is 4.53. The Morgan fingerprint density at radius 2 is 2.00 bits per heavy atom. The number of para-hydroxylation sites is 1. The summed E-state index contributed by atoms with van der Waals surface area (Å²) in [5, 5.41) is 10.7. The van der Waals surface area contributed by atoms with E-state index in [0.29, 0.717) is 10.0 Å². The Hall–Kier alpha value is -2.14. The number of nitrogens with zero attached hydrogens (tertiary/aromatic N) is 1. The lowest BCUT2D eigenvalue weighted by atomic mass is 10.2. The number of aromatic hydroxyl groups is 1. The molecule has 0 spiro atoms. The molecule has 0 amide bonds. The molecule has 1 aromatic heterocycles. The first-order valence-electron chi connectivity index (χ1n) is 5.94. The van der Waals surface area contributed by atoms with Crippen molar-refractivity contribution in [1.29, 1.82) is 0 Å². The topological polar surface area (TPSA) is 48.4 Å². The van der Waals surface area contributed by atoms with E-state index in [0.717, 1.165) is 10.9 Å². The van der Waals surface area contributed by atoms with Crippen LogP contribution in [0, 0.1) is 5.82 Å². The smallest absolute Gasteiger partial charge is 0.198 e. The molecule has 20 heavy (non-hydrogen) atoms. The van der Waals surface area contributed by atoms with Crippen LogP contribution in [0.3, 0.4) is 0 Å². The Bertz CT molecular complexity index is 811. The first-order chi connectivity index (χ1) is 9.65. The van der Waals surface area contributed by atoms with Gasteiger partial charge in [-0.1, -0.05) is 34.1 Å². The number of hydrogen-bond acceptors (Lipinski definition) is 2. The molecule has 1 heterocycles. The molecule has 0 saturated carbocycles. The van der Waals surface area contributed by atoms with Crippen LogP contribution < -0.4 is 0 Å². The lowest BCUT2D eigenvalue weighted by molar-refractivity contribution is 0.457. The van der Waals surface area contributed by atoms with E-state index in [4.69, 9.17) is 0 Å². The molecule has 0 aliphatic rings. The molecule has 0 aliphatic heterocycles. The van der Waals surface area contributed by atoms with Crippen LogP contribution in [0.5, 0.6) is 5.88 Å². The summed E-state index contributed by atoms with van der Waals surface area (Å²) in [6.07, 6.45) is 1.46. The molecule has 0 unspecified atom stereocenters. The van der Waals surface area contributed by atoms with Gasteiger partial charge in [-0.3, -0.25) is 4.99 Å². The third-order valence-corrected chi connectivity index (χ3v) is 3.46. The third kappa shape index (κ3) is 2.32. The van der Waals surface area contributed by atoms with Gasteiger partial charge in [-0.25, -0.2) is 4.39 Å². The zero-order valence-corrected chi connectivity index (χ0v) is 11.9. The highest BCUT2D eigenvalue weighted by molar-refractivity contribution is 9.10. The largest absolute Gasteiger partial charge is 0.494 e. The standard InChI is InChI=1S/C15H10BrFN2O/c16-9-5-6-14(12(17)7-9)18-8-11-10-3-1-2-4-13(10)19-15(11)20/h1-8,19-20H. The number of benzene rings is 2. The van der Waals surface area contributed by atoms with Crippen molar-refractivity contribution >= 4 is 38.7 Å². The van der Waals surface area contributed by atoms with Crippen molar-refractivity contribution in [3.63, 3.8) is 0 Å². The van der Waals surface area contributed by atoms with Gasteiger partial charge in [-0.2, -0.15) is 0 Å². The van der Waals surface area contributed by atoms with E-state index in [-0.39, 0.29) is 11.6 Å². The lowest BCUT2D eigenvalue weighted by Crippen LogP contribution is -1.81. The van der Waals surface area contributed by atoms with Gasteiger partial charge in [0.05, 0.1) is 11.3 Å². The highest BCUT2D eigenvalue weighted by Crippen LogP contribution is 2.27. The van der Waals surface area contributed by atoms with Crippen molar-refractivity contribution in [3.05, 3.63) is 58.3 Å². The minimum Gasteiger partial charge on any atom is -0.494 e. The van der Waals surface area contributed by atoms with E-state index in [1.54, 1.807) is 12.1 Å². The number of aliphatic imine (C=N–C) groups is 1. The second kappa shape index (κ2) is 5.09. The van der Waals surface area contributed by atoms with Crippen LogP contribution in [0.1, 0.15) is 5.56 Å². The Balaban J connectivity index is 2.04. The zero-order chi connectivity index (χ0) is 14.1. The van der Waals surface area contributed by atoms with Gasteiger partial charge in [0.2, 0.25) is 0 Å². The fourth-order valence-corrected chi connectivity index (χ4v) is 2.33. The summed E-state index contributed by atoms with van der Waals surface area (Å²) in [7, 11) is 0. The molecule has 0 fully saturated rings. The van der Waals surface area contributed by atoms with Crippen molar-refractivity contribution in [1.82, 2.24) is 4.98 Å². The summed E-state index contributed by atoms with van der Waals surface area (Å²) < 4.78 is 14.3. The van der Waals surface area contributed by atoms with Crippen LogP contribution in [-0.4, -0.2) is 16.3 Å². The van der Waals surface area contributed by atoms with E-state index in [1.807, 2.05) is 24.3 Å². The van der Waals surface area contributed by atoms with Crippen LogP contribution in [0.2, 0.25) is 0 Å². The third-order valence-electron chi connectivity index (χ3n) is 2.97. The van der Waals surface area contributed by atoms with Gasteiger partial charge < -0.3 is 10.1 Å². The predicted molar refractivity (Wildman–Crippen MR) is 81.3 cm³/mol. The van der Waals surface area contributed by atoms with Crippen LogP contribution in [-0.2, 0) is 0 Å². The number of fused-ring (bicyclic) bond motifs is 1. The first kappa shape index (κ1) is 12.9. The molecule has 0 atom stereocenters. The summed E-state index contributed by atoms with van der Waals surface area (Å²) in [5.74, 6) is -0.401. The number of aromatic amines is 1. The van der Waals surface area contributed by atoms with Crippen LogP contribution in [0.25, 0.3) is 10.9 Å². The Morgan fingerprint density at radius 1 is 1.20 bits per heavy atom. The maximum Gasteiger partial charge on any atom is 0.198 e. The van der Waals surface area contributed by atoms with Gasteiger partial charge in [0.25, 0.3) is 0 Å². The zero-order valence-electron chi connectivity index (χ0n) is 10.3. The van der Waals surface area contributed by atoms with Crippen molar-refractivity contribution in [3.8, 4) is 5.88 Å². The molecule has 3 rings (SSSR count). The quantitative estimate of drug-likeness (QED) is 0.665. The van der Waals surface area contributed by atoms with Crippen LogP contribution in [0.4, 0.5) is 10.1 Å². The molecule has 5 heteroatoms. The first-order valence-corrected chi connectivity index (χ1v) is 6.73. The average Bonchev–Trinajstić information content (AvgIpc) is 2.74. The lowest BCUT2D eigenvalue weighted by Gasteiger charge is -1.97. The van der Waals surface area contributed by atoms with Crippen molar-refractivity contribution < 1.29 is 9.50 Å². The van der Waals surface area contributed by atoms with Gasteiger partial charge in [0, 0.05) is 21.6 Å². The number of hydrogen-bond donors (Lipinski definition) is 2. The average molecular weight is 333 g/mol. The summed E-state index contributed by atoms with van der Waals surface area (Å²) in [4.78, 5) is 6.95. The Labute approximate surface area is 122 Å². The maximum absolute atomic E-state index is 13.7. The van der Waals surface area contributed by atoms with Crippen LogP contribution >= 0.6 is 15.9 Å². The van der Waals surface area contributed by atoms with E-state index >= 15 is 0 Å². The molecule has 0 bridgehead atoms. The van der Waals surface area contributed by atoms with Crippen molar-refractivity contribution in [2.75, 3.05) is 0 Å². The van der Waals surface area contributed by atoms with Gasteiger partial charge in [0.15, 0.2) is 5.88 Å². The summed E-state index contributed by atoms with van der Waals surface area (Å²) in [5.41, 5.74) is 1.57. The number of aromatic nitrogens is 1. The fraction of sp³-hybridized carbons (Fsp3) is 0. The minimum atomic E-state index is -0.421. The number of rotatable bonds is 2. The van der Waals surface area contributed by atoms with Gasteiger partial charge in [0.1, 0.15) is 5.82 Å². The molecular formula is C15H10BrFN2O. The van der Waals surface area contributed by atoms with E-state index in [9.17, 15) is 9.50 Å². The molecule has 0 saturated heterocycles. The normalized spacial score (nSPS) is 11.5.